The Hall–Kier alpha value is -6.99. The molecular weight excluding hydrogens is 889 g/mol. The largest absolute Gasteiger partial charge is 0.759 e. The van der Waals surface area contributed by atoms with Crippen molar-refractivity contribution in [2.75, 3.05) is 25.0 Å². The molecule has 10 rings (SSSR count). The van der Waals surface area contributed by atoms with E-state index in [4.69, 9.17) is 37.5 Å². The van der Waals surface area contributed by atoms with Crippen LogP contribution in [0.5, 0.6) is 0 Å². The first kappa shape index (κ1) is 46.5. The fourth-order valence-electron chi connectivity index (χ4n) is 7.75. The molecule has 0 N–H and O–H groups in total. The maximum absolute atomic E-state index is 8.52. The van der Waals surface area contributed by atoms with Crippen LogP contribution in [-0.2, 0) is 32.2 Å². The summed E-state index contributed by atoms with van der Waals surface area (Å²) in [6, 6.07) is 71.6. The summed E-state index contributed by atoms with van der Waals surface area (Å²) in [6.07, 6.45) is 8.99. The van der Waals surface area contributed by atoms with E-state index in [9.17, 15) is 0 Å². The molecule has 0 fully saturated rings. The Balaban J connectivity index is 0.000000165. The summed E-state index contributed by atoms with van der Waals surface area (Å²) in [4.78, 5) is 22.8. The molecule has 10 aromatic rings. The highest BCUT2D eigenvalue weighted by Crippen LogP contribution is 2.38. The second-order valence-electron chi connectivity index (χ2n) is 15.8. The van der Waals surface area contributed by atoms with Gasteiger partial charge in [-0.25, -0.2) is 19.9 Å². The highest BCUT2D eigenvalue weighted by molar-refractivity contribution is 7.96. The topological polar surface area (TPSA) is 132 Å². The van der Waals surface area contributed by atoms with Crippen LogP contribution in [-0.4, -0.2) is 62.5 Å². The van der Waals surface area contributed by atoms with Crippen molar-refractivity contribution in [1.29, 1.82) is 0 Å². The zero-order chi connectivity index (χ0) is 46.9. The molecule has 0 atom stereocenters. The molecule has 0 saturated carbocycles. The summed E-state index contributed by atoms with van der Waals surface area (Å²) in [5, 5.41) is 4.92. The Morgan fingerprint density at radius 1 is 0.328 bits per heavy atom. The number of hydrogen-bond donors (Lipinski definition) is 0. The summed E-state index contributed by atoms with van der Waals surface area (Å²) >= 11 is 0. The van der Waals surface area contributed by atoms with Crippen LogP contribution in [0.25, 0.3) is 89.4 Å². The van der Waals surface area contributed by atoms with Crippen LogP contribution in [0.2, 0.25) is 0 Å². The lowest BCUT2D eigenvalue weighted by atomic mass is 10.0. The van der Waals surface area contributed by atoms with Crippen molar-refractivity contribution < 1.29 is 17.5 Å². The Morgan fingerprint density at radius 3 is 0.881 bits per heavy atom. The van der Waals surface area contributed by atoms with Gasteiger partial charge in [-0.1, -0.05) is 194 Å². The Labute approximate surface area is 397 Å². The van der Waals surface area contributed by atoms with Gasteiger partial charge < -0.3 is 9.11 Å². The molecule has 332 valence electrons. The molecule has 67 heavy (non-hydrogen) atoms. The van der Waals surface area contributed by atoms with E-state index < -0.39 is 10.4 Å². The van der Waals surface area contributed by atoms with Crippen LogP contribution in [0.4, 0.5) is 0 Å². The first-order chi connectivity index (χ1) is 32.4. The molecule has 0 radical (unpaired) electrons. The van der Waals surface area contributed by atoms with Crippen molar-refractivity contribution in [1.82, 2.24) is 19.9 Å². The first-order valence-electron chi connectivity index (χ1n) is 21.3. The minimum Gasteiger partial charge on any atom is -0.759 e. The Morgan fingerprint density at radius 2 is 0.582 bits per heavy atom. The van der Waals surface area contributed by atoms with Gasteiger partial charge in [0, 0.05) is 65.6 Å². The third kappa shape index (κ3) is 11.5. The average molecular weight is 935 g/mol. The smallest absolute Gasteiger partial charge is 0.206 e. The van der Waals surface area contributed by atoms with Crippen molar-refractivity contribution in [2.45, 2.75) is 9.79 Å². The molecule has 8 aromatic carbocycles. The maximum atomic E-state index is 8.52. The molecule has 8 nitrogen and oxygen atoms in total. The molecule has 0 aliphatic rings. The quantitative estimate of drug-likeness (QED) is 0.0836. The lowest BCUT2D eigenvalue weighted by Crippen LogP contribution is -2.08. The molecule has 2 aromatic heterocycles. The molecule has 0 aliphatic carbocycles. The van der Waals surface area contributed by atoms with Gasteiger partial charge in [0.2, 0.25) is 9.79 Å². The van der Waals surface area contributed by atoms with E-state index in [0.717, 1.165) is 67.8 Å². The molecule has 0 amide bonds. The van der Waals surface area contributed by atoms with E-state index in [1.54, 1.807) is 0 Å². The van der Waals surface area contributed by atoms with E-state index in [1.165, 1.54) is 31.3 Å². The number of hydrogen-bond acceptors (Lipinski definition) is 8. The number of rotatable bonds is 8. The van der Waals surface area contributed by atoms with Crippen LogP contribution in [0, 0.1) is 0 Å². The summed E-state index contributed by atoms with van der Waals surface area (Å²) in [6.45, 7) is 0. The SMILES string of the molecule is C[S+](C)c1c(-c2ccccc2)nc(-c2ccccc2)nc1-c1ccc2ccccc2c1.C[S+](C)c1c(-c2ccccc2)nc(-c2ccccc2)nc1-c1ccc2ccccc2c1.O=S(=O)([O-])[O-]. The fraction of sp³-hybridized carbons (Fsp3) is 0.0714. The summed E-state index contributed by atoms with van der Waals surface area (Å²) in [7, 11) is -5.22. The number of aromatic nitrogens is 4. The second kappa shape index (κ2) is 21.1. The predicted octanol–water partition coefficient (Wildman–Crippen LogP) is 12.4. The molecule has 11 heteroatoms. The standard InChI is InChI=1S/2C28H23N2S.H2O4S/c2*1-31(2)27-25(21-12-5-3-6-13-21)29-28(22-14-7-4-8-15-22)30-26(27)24-18-17-20-11-9-10-16-23(20)19-24;1-5(2,3)4/h2*3-19H,1-2H3;(H2,1,2,3,4)/q2*+1;/p-2. The van der Waals surface area contributed by atoms with Gasteiger partial charge in [0.05, 0.1) is 0 Å². The number of nitrogens with zero attached hydrogens (tertiary/aromatic N) is 4. The first-order valence-corrected chi connectivity index (χ1v) is 26.7. The van der Waals surface area contributed by atoms with E-state index in [1.807, 2.05) is 48.5 Å². The minimum absolute atomic E-state index is 0.0264. The van der Waals surface area contributed by atoms with Gasteiger partial charge in [-0.05, 0) is 33.7 Å². The summed E-state index contributed by atoms with van der Waals surface area (Å²) in [5.41, 5.74) is 10.6. The van der Waals surface area contributed by atoms with Crippen LogP contribution in [0.15, 0.2) is 216 Å². The normalized spacial score (nSPS) is 11.2. The molecule has 0 bridgehead atoms. The zero-order valence-corrected chi connectivity index (χ0v) is 39.7. The van der Waals surface area contributed by atoms with Crippen molar-refractivity contribution >= 4 is 53.7 Å². The summed E-state index contributed by atoms with van der Waals surface area (Å²) in [5.74, 6) is 1.52. The van der Waals surface area contributed by atoms with Gasteiger partial charge in [0.1, 0.15) is 47.8 Å². The van der Waals surface area contributed by atoms with Crippen molar-refractivity contribution in [2.24, 2.45) is 0 Å². The number of benzene rings is 8. The highest BCUT2D eigenvalue weighted by atomic mass is 32.3. The molecule has 0 saturated heterocycles. The van der Waals surface area contributed by atoms with Gasteiger partial charge in [0.15, 0.2) is 11.6 Å². The van der Waals surface area contributed by atoms with Crippen LogP contribution < -0.4 is 0 Å². The average Bonchev–Trinajstić information content (AvgIpc) is 3.36. The number of fused-ring (bicyclic) bond motifs is 2. The van der Waals surface area contributed by atoms with Crippen molar-refractivity contribution in [3.05, 3.63) is 206 Å². The molecule has 0 aliphatic heterocycles. The monoisotopic (exact) mass is 934 g/mol. The Bertz CT molecular complexity index is 3180. The van der Waals surface area contributed by atoms with Gasteiger partial charge in [-0.3, -0.25) is 8.42 Å². The van der Waals surface area contributed by atoms with Gasteiger partial charge in [-0.2, -0.15) is 0 Å². The van der Waals surface area contributed by atoms with Gasteiger partial charge >= 0.3 is 0 Å². The fourth-order valence-corrected chi connectivity index (χ4v) is 9.96. The predicted molar refractivity (Wildman–Crippen MR) is 277 cm³/mol. The lowest BCUT2D eigenvalue weighted by molar-refractivity contribution is 0.352. The molecule has 0 spiro atoms. The third-order valence-electron chi connectivity index (χ3n) is 10.8. The van der Waals surface area contributed by atoms with E-state index in [0.29, 0.717) is 0 Å². The lowest BCUT2D eigenvalue weighted by Gasteiger charge is -2.14. The van der Waals surface area contributed by atoms with E-state index >= 15 is 0 Å². The summed E-state index contributed by atoms with van der Waals surface area (Å²) < 4.78 is 34.1. The van der Waals surface area contributed by atoms with Crippen LogP contribution in [0.3, 0.4) is 0 Å². The van der Waals surface area contributed by atoms with E-state index in [-0.39, 0.29) is 21.8 Å². The van der Waals surface area contributed by atoms with E-state index in [2.05, 4.69) is 183 Å². The van der Waals surface area contributed by atoms with Gasteiger partial charge in [-0.15, -0.1) is 0 Å². The molecular formula is C56H46N4O4S3. The van der Waals surface area contributed by atoms with Crippen LogP contribution >= 0.6 is 0 Å². The van der Waals surface area contributed by atoms with Crippen molar-refractivity contribution in [3.63, 3.8) is 0 Å². The minimum atomic E-state index is -5.17. The van der Waals surface area contributed by atoms with Crippen molar-refractivity contribution in [3.8, 4) is 67.8 Å². The molecule has 0 unspecified atom stereocenters. The maximum Gasteiger partial charge on any atom is 0.206 e. The highest BCUT2D eigenvalue weighted by Gasteiger charge is 2.29. The molecule has 2 heterocycles. The van der Waals surface area contributed by atoms with Gasteiger partial charge in [0.25, 0.3) is 0 Å². The van der Waals surface area contributed by atoms with Crippen LogP contribution in [0.1, 0.15) is 0 Å². The third-order valence-corrected chi connectivity index (χ3v) is 13.2. The second-order valence-corrected chi connectivity index (χ2v) is 20.7. The zero-order valence-electron chi connectivity index (χ0n) is 37.3. The Kier molecular flexibility index (Phi) is 14.7.